The number of aromatic nitrogens is 2. The van der Waals surface area contributed by atoms with E-state index in [1.807, 2.05) is 24.3 Å². The maximum atomic E-state index is 12.3. The Morgan fingerprint density at radius 3 is 2.40 bits per heavy atom. The molecule has 0 fully saturated rings. The number of carbonyl (C=O) groups is 1. The lowest BCUT2D eigenvalue weighted by Gasteiger charge is -2.08. The summed E-state index contributed by atoms with van der Waals surface area (Å²) in [5.74, 6) is 0.231. The number of rotatable bonds is 5. The predicted molar refractivity (Wildman–Crippen MR) is 103 cm³/mol. The summed E-state index contributed by atoms with van der Waals surface area (Å²) >= 11 is 3.40. The summed E-state index contributed by atoms with van der Waals surface area (Å²) in [6.45, 7) is 2.68. The van der Waals surface area contributed by atoms with Crippen LogP contribution in [0.5, 0.6) is 0 Å². The third-order valence-electron chi connectivity index (χ3n) is 3.61. The molecule has 1 heterocycles. The first-order chi connectivity index (χ1) is 12.1. The van der Waals surface area contributed by atoms with E-state index in [1.165, 1.54) is 18.0 Å². The Bertz CT molecular complexity index is 863. The summed E-state index contributed by atoms with van der Waals surface area (Å²) in [4.78, 5) is 20.7. The van der Waals surface area contributed by atoms with Crippen LogP contribution in [0.2, 0.25) is 0 Å². The summed E-state index contributed by atoms with van der Waals surface area (Å²) < 4.78 is 0.820. The number of benzene rings is 2. The Morgan fingerprint density at radius 1 is 1.04 bits per heavy atom. The summed E-state index contributed by atoms with van der Waals surface area (Å²) in [7, 11) is 0. The SMILES string of the molecule is Cc1ccc(CNc2ncc(C(=O)Nc3ccccc3Br)cn2)cc1. The van der Waals surface area contributed by atoms with Crippen LogP contribution in [0, 0.1) is 6.92 Å². The average molecular weight is 397 g/mol. The van der Waals surface area contributed by atoms with Gasteiger partial charge < -0.3 is 10.6 Å². The van der Waals surface area contributed by atoms with Gasteiger partial charge in [0.1, 0.15) is 0 Å². The van der Waals surface area contributed by atoms with Gasteiger partial charge in [-0.05, 0) is 40.5 Å². The van der Waals surface area contributed by atoms with E-state index < -0.39 is 0 Å². The summed E-state index contributed by atoms with van der Waals surface area (Å²) in [5.41, 5.74) is 3.47. The van der Waals surface area contributed by atoms with E-state index in [4.69, 9.17) is 0 Å². The Kier molecular flexibility index (Phi) is 5.40. The second kappa shape index (κ2) is 7.90. The minimum absolute atomic E-state index is 0.253. The first-order valence-corrected chi connectivity index (χ1v) is 8.58. The molecule has 0 atom stereocenters. The Labute approximate surface area is 154 Å². The molecular formula is C19H17BrN4O. The molecule has 0 radical (unpaired) electrons. The number of hydrogen-bond acceptors (Lipinski definition) is 4. The van der Waals surface area contributed by atoms with Crippen molar-refractivity contribution < 1.29 is 4.79 Å². The molecule has 1 amide bonds. The van der Waals surface area contributed by atoms with Crippen LogP contribution in [0.1, 0.15) is 21.5 Å². The standard InChI is InChI=1S/C19H17BrN4O/c1-13-6-8-14(9-7-13)10-21-19-22-11-15(12-23-19)18(25)24-17-5-3-2-4-16(17)20/h2-9,11-12H,10H2,1H3,(H,24,25)(H,21,22,23). The molecule has 0 aliphatic carbocycles. The number of carbonyl (C=O) groups excluding carboxylic acids is 1. The predicted octanol–water partition coefficient (Wildman–Crippen LogP) is 4.41. The van der Waals surface area contributed by atoms with E-state index in [0.717, 1.165) is 10.0 Å². The van der Waals surface area contributed by atoms with Gasteiger partial charge in [-0.2, -0.15) is 0 Å². The Morgan fingerprint density at radius 2 is 1.72 bits per heavy atom. The molecule has 0 spiro atoms. The molecule has 3 aromatic rings. The lowest BCUT2D eigenvalue weighted by atomic mass is 10.1. The van der Waals surface area contributed by atoms with Crippen molar-refractivity contribution >= 4 is 33.5 Å². The maximum absolute atomic E-state index is 12.3. The highest BCUT2D eigenvalue weighted by molar-refractivity contribution is 9.10. The number of halogens is 1. The fraction of sp³-hybridized carbons (Fsp3) is 0.105. The number of anilines is 2. The topological polar surface area (TPSA) is 66.9 Å². The number of nitrogens with one attached hydrogen (secondary N) is 2. The quantitative estimate of drug-likeness (QED) is 0.669. The lowest BCUT2D eigenvalue weighted by molar-refractivity contribution is 0.102. The minimum Gasteiger partial charge on any atom is -0.350 e. The molecule has 1 aromatic heterocycles. The van der Waals surface area contributed by atoms with E-state index in [2.05, 4.69) is 67.7 Å². The second-order valence-electron chi connectivity index (χ2n) is 5.57. The van der Waals surface area contributed by atoms with Crippen LogP contribution in [0.25, 0.3) is 0 Å². The molecule has 0 aliphatic heterocycles. The van der Waals surface area contributed by atoms with Crippen LogP contribution < -0.4 is 10.6 Å². The lowest BCUT2D eigenvalue weighted by Crippen LogP contribution is -2.13. The van der Waals surface area contributed by atoms with Crippen molar-refractivity contribution in [2.24, 2.45) is 0 Å². The Hall–Kier alpha value is -2.73. The van der Waals surface area contributed by atoms with Crippen molar-refractivity contribution in [1.29, 1.82) is 0 Å². The summed E-state index contributed by atoms with van der Waals surface area (Å²) in [5, 5.41) is 5.97. The van der Waals surface area contributed by atoms with Gasteiger partial charge in [0.05, 0.1) is 11.3 Å². The highest BCUT2D eigenvalue weighted by atomic mass is 79.9. The van der Waals surface area contributed by atoms with Gasteiger partial charge in [0, 0.05) is 23.4 Å². The van der Waals surface area contributed by atoms with Crippen LogP contribution >= 0.6 is 15.9 Å². The molecule has 3 rings (SSSR count). The van der Waals surface area contributed by atoms with Gasteiger partial charge in [-0.25, -0.2) is 9.97 Å². The maximum Gasteiger partial charge on any atom is 0.258 e. The molecule has 2 N–H and O–H groups in total. The van der Waals surface area contributed by atoms with E-state index in [1.54, 1.807) is 0 Å². The first kappa shape index (κ1) is 17.1. The summed E-state index contributed by atoms with van der Waals surface area (Å²) in [6.07, 6.45) is 3.02. The fourth-order valence-corrected chi connectivity index (χ4v) is 2.56. The average Bonchev–Trinajstić information content (AvgIpc) is 2.63. The van der Waals surface area contributed by atoms with E-state index >= 15 is 0 Å². The molecule has 126 valence electrons. The first-order valence-electron chi connectivity index (χ1n) is 7.79. The molecule has 6 heteroatoms. The smallest absolute Gasteiger partial charge is 0.258 e. The molecule has 25 heavy (non-hydrogen) atoms. The van der Waals surface area contributed by atoms with Crippen molar-refractivity contribution in [3.8, 4) is 0 Å². The molecule has 5 nitrogen and oxygen atoms in total. The number of amides is 1. The zero-order valence-corrected chi connectivity index (χ0v) is 15.2. The molecule has 0 saturated carbocycles. The van der Waals surface area contributed by atoms with Gasteiger partial charge in [-0.1, -0.05) is 42.0 Å². The van der Waals surface area contributed by atoms with E-state index in [-0.39, 0.29) is 5.91 Å². The van der Waals surface area contributed by atoms with Crippen molar-refractivity contribution in [2.45, 2.75) is 13.5 Å². The Balaban J connectivity index is 1.60. The molecular weight excluding hydrogens is 380 g/mol. The number of hydrogen-bond donors (Lipinski definition) is 2. The third kappa shape index (κ3) is 4.64. The summed E-state index contributed by atoms with van der Waals surface area (Å²) in [6, 6.07) is 15.7. The molecule has 2 aromatic carbocycles. The van der Waals surface area contributed by atoms with Crippen LogP contribution in [0.3, 0.4) is 0 Å². The molecule has 0 unspecified atom stereocenters. The van der Waals surface area contributed by atoms with Gasteiger partial charge in [0.2, 0.25) is 5.95 Å². The zero-order valence-electron chi connectivity index (χ0n) is 13.7. The third-order valence-corrected chi connectivity index (χ3v) is 4.30. The van der Waals surface area contributed by atoms with Gasteiger partial charge in [-0.15, -0.1) is 0 Å². The van der Waals surface area contributed by atoms with Gasteiger partial charge in [-0.3, -0.25) is 4.79 Å². The molecule has 0 saturated heterocycles. The number of para-hydroxylation sites is 1. The van der Waals surface area contributed by atoms with E-state index in [0.29, 0.717) is 23.7 Å². The van der Waals surface area contributed by atoms with Crippen LogP contribution in [-0.4, -0.2) is 15.9 Å². The highest BCUT2D eigenvalue weighted by Gasteiger charge is 2.09. The van der Waals surface area contributed by atoms with Gasteiger partial charge in [0.25, 0.3) is 5.91 Å². The minimum atomic E-state index is -0.253. The van der Waals surface area contributed by atoms with Crippen LogP contribution in [0.4, 0.5) is 11.6 Å². The fourth-order valence-electron chi connectivity index (χ4n) is 2.18. The van der Waals surface area contributed by atoms with Gasteiger partial charge >= 0.3 is 0 Å². The molecule has 0 bridgehead atoms. The van der Waals surface area contributed by atoms with Crippen molar-refractivity contribution in [1.82, 2.24) is 9.97 Å². The monoisotopic (exact) mass is 396 g/mol. The van der Waals surface area contributed by atoms with Crippen molar-refractivity contribution in [3.63, 3.8) is 0 Å². The number of nitrogens with zero attached hydrogens (tertiary/aromatic N) is 2. The van der Waals surface area contributed by atoms with Crippen molar-refractivity contribution in [2.75, 3.05) is 10.6 Å². The number of aryl methyl sites for hydroxylation is 1. The van der Waals surface area contributed by atoms with Gasteiger partial charge in [0.15, 0.2) is 0 Å². The zero-order chi connectivity index (χ0) is 17.6. The van der Waals surface area contributed by atoms with Crippen LogP contribution in [-0.2, 0) is 6.54 Å². The largest absolute Gasteiger partial charge is 0.350 e. The second-order valence-corrected chi connectivity index (χ2v) is 6.42. The highest BCUT2D eigenvalue weighted by Crippen LogP contribution is 2.21. The van der Waals surface area contributed by atoms with Crippen LogP contribution in [0.15, 0.2) is 65.4 Å². The molecule has 0 aliphatic rings. The van der Waals surface area contributed by atoms with Crippen molar-refractivity contribution in [3.05, 3.63) is 82.1 Å². The van der Waals surface area contributed by atoms with E-state index in [9.17, 15) is 4.79 Å². The normalized spacial score (nSPS) is 10.3.